The first-order chi connectivity index (χ1) is 7.76. The molecule has 16 heavy (non-hydrogen) atoms. The lowest BCUT2D eigenvalue weighted by molar-refractivity contribution is 0.0603. The van der Waals surface area contributed by atoms with Gasteiger partial charge in [-0.25, -0.2) is 4.79 Å². The molecular formula is C13H12O3. The minimum absolute atomic E-state index is 0.334. The molecule has 0 radical (unpaired) electrons. The van der Waals surface area contributed by atoms with Crippen molar-refractivity contribution in [1.29, 1.82) is 0 Å². The Morgan fingerprint density at radius 1 is 1.12 bits per heavy atom. The molecule has 0 saturated carbocycles. The van der Waals surface area contributed by atoms with Gasteiger partial charge in [-0.15, -0.1) is 0 Å². The van der Waals surface area contributed by atoms with E-state index in [0.717, 1.165) is 16.5 Å². The first-order valence-corrected chi connectivity index (χ1v) is 4.91. The Kier molecular flexibility index (Phi) is 2.77. The summed E-state index contributed by atoms with van der Waals surface area (Å²) in [5.74, 6) is 0.391. The zero-order chi connectivity index (χ0) is 11.5. The van der Waals surface area contributed by atoms with Gasteiger partial charge in [0.25, 0.3) is 0 Å². The molecule has 0 amide bonds. The van der Waals surface area contributed by atoms with Crippen molar-refractivity contribution in [3.63, 3.8) is 0 Å². The molecular weight excluding hydrogens is 204 g/mol. The summed E-state index contributed by atoms with van der Waals surface area (Å²) >= 11 is 0. The molecule has 0 aliphatic rings. The van der Waals surface area contributed by atoms with Crippen molar-refractivity contribution < 1.29 is 14.3 Å². The van der Waals surface area contributed by atoms with Crippen LogP contribution in [0.4, 0.5) is 0 Å². The van der Waals surface area contributed by atoms with Gasteiger partial charge in [-0.2, -0.15) is 0 Å². The molecule has 2 aromatic rings. The van der Waals surface area contributed by atoms with Gasteiger partial charge in [-0.1, -0.05) is 18.2 Å². The zero-order valence-electron chi connectivity index (χ0n) is 9.19. The minimum Gasteiger partial charge on any atom is -0.497 e. The van der Waals surface area contributed by atoms with Crippen LogP contribution in [0.15, 0.2) is 36.4 Å². The van der Waals surface area contributed by atoms with E-state index in [2.05, 4.69) is 0 Å². The average Bonchev–Trinajstić information content (AvgIpc) is 2.36. The molecule has 0 atom stereocenters. The number of carbonyl (C=O) groups excluding carboxylic acids is 1. The number of esters is 1. The fourth-order valence-corrected chi connectivity index (χ4v) is 1.67. The van der Waals surface area contributed by atoms with Crippen LogP contribution in [0.1, 0.15) is 10.4 Å². The number of hydrogen-bond acceptors (Lipinski definition) is 3. The van der Waals surface area contributed by atoms with Gasteiger partial charge in [0.15, 0.2) is 0 Å². The van der Waals surface area contributed by atoms with Crippen LogP contribution in [0.2, 0.25) is 0 Å². The van der Waals surface area contributed by atoms with E-state index < -0.39 is 0 Å². The number of fused-ring (bicyclic) bond motifs is 1. The highest BCUT2D eigenvalue weighted by Crippen LogP contribution is 2.24. The summed E-state index contributed by atoms with van der Waals surface area (Å²) in [5, 5.41) is 1.83. The fraction of sp³-hybridized carbons (Fsp3) is 0.154. The second kappa shape index (κ2) is 4.23. The minimum atomic E-state index is -0.334. The predicted molar refractivity (Wildman–Crippen MR) is 61.8 cm³/mol. The SMILES string of the molecule is COC(=O)c1cccc2ccc(OC)cc12. The van der Waals surface area contributed by atoms with Gasteiger partial charge < -0.3 is 9.47 Å². The molecule has 0 bridgehead atoms. The highest BCUT2D eigenvalue weighted by Gasteiger charge is 2.10. The smallest absolute Gasteiger partial charge is 0.338 e. The summed E-state index contributed by atoms with van der Waals surface area (Å²) in [4.78, 5) is 11.6. The molecule has 0 spiro atoms. The van der Waals surface area contributed by atoms with E-state index in [1.54, 1.807) is 13.2 Å². The molecule has 0 saturated heterocycles. The van der Waals surface area contributed by atoms with E-state index in [1.807, 2.05) is 30.3 Å². The Morgan fingerprint density at radius 3 is 2.62 bits per heavy atom. The molecule has 0 unspecified atom stereocenters. The van der Waals surface area contributed by atoms with Crippen molar-refractivity contribution in [3.05, 3.63) is 42.0 Å². The van der Waals surface area contributed by atoms with Crippen LogP contribution in [-0.2, 0) is 4.74 Å². The van der Waals surface area contributed by atoms with Crippen LogP contribution in [-0.4, -0.2) is 20.2 Å². The Balaban J connectivity index is 2.68. The van der Waals surface area contributed by atoms with Crippen LogP contribution in [0, 0.1) is 0 Å². The maximum absolute atomic E-state index is 11.6. The average molecular weight is 216 g/mol. The molecule has 2 aromatic carbocycles. The third-order valence-electron chi connectivity index (χ3n) is 2.49. The van der Waals surface area contributed by atoms with Gasteiger partial charge in [0.1, 0.15) is 5.75 Å². The van der Waals surface area contributed by atoms with Crippen molar-refractivity contribution in [2.24, 2.45) is 0 Å². The monoisotopic (exact) mass is 216 g/mol. The highest BCUT2D eigenvalue weighted by molar-refractivity contribution is 6.04. The highest BCUT2D eigenvalue weighted by atomic mass is 16.5. The van der Waals surface area contributed by atoms with Crippen molar-refractivity contribution in [2.45, 2.75) is 0 Å². The lowest BCUT2D eigenvalue weighted by Crippen LogP contribution is -2.01. The summed E-state index contributed by atoms with van der Waals surface area (Å²) in [6.45, 7) is 0. The van der Waals surface area contributed by atoms with Crippen molar-refractivity contribution in [1.82, 2.24) is 0 Å². The van der Waals surface area contributed by atoms with E-state index in [0.29, 0.717) is 5.56 Å². The molecule has 0 fully saturated rings. The van der Waals surface area contributed by atoms with E-state index in [9.17, 15) is 4.79 Å². The second-order valence-electron chi connectivity index (χ2n) is 3.38. The number of benzene rings is 2. The Bertz CT molecular complexity index is 532. The lowest BCUT2D eigenvalue weighted by Gasteiger charge is -2.06. The van der Waals surface area contributed by atoms with Crippen LogP contribution < -0.4 is 4.74 Å². The standard InChI is InChI=1S/C13H12O3/c1-15-10-7-6-9-4-3-5-11(12(9)8-10)13(14)16-2/h3-8H,1-2H3. The summed E-state index contributed by atoms with van der Waals surface area (Å²) in [7, 11) is 2.98. The van der Waals surface area contributed by atoms with Crippen molar-refractivity contribution in [3.8, 4) is 5.75 Å². The topological polar surface area (TPSA) is 35.5 Å². The number of rotatable bonds is 2. The van der Waals surface area contributed by atoms with Crippen LogP contribution >= 0.6 is 0 Å². The summed E-state index contributed by atoms with van der Waals surface area (Å²) < 4.78 is 9.88. The van der Waals surface area contributed by atoms with E-state index in [1.165, 1.54) is 7.11 Å². The molecule has 82 valence electrons. The largest absolute Gasteiger partial charge is 0.497 e. The normalized spacial score (nSPS) is 10.1. The quantitative estimate of drug-likeness (QED) is 0.724. The third kappa shape index (κ3) is 1.72. The Labute approximate surface area is 93.6 Å². The summed E-state index contributed by atoms with van der Waals surface area (Å²) in [6, 6.07) is 11.1. The Hall–Kier alpha value is -2.03. The number of methoxy groups -OCH3 is 2. The van der Waals surface area contributed by atoms with Crippen molar-refractivity contribution >= 4 is 16.7 Å². The predicted octanol–water partition coefficient (Wildman–Crippen LogP) is 2.64. The molecule has 2 rings (SSSR count). The van der Waals surface area contributed by atoms with E-state index >= 15 is 0 Å². The second-order valence-corrected chi connectivity index (χ2v) is 3.38. The number of hydrogen-bond donors (Lipinski definition) is 0. The summed E-state index contributed by atoms with van der Waals surface area (Å²) in [5.41, 5.74) is 0.555. The van der Waals surface area contributed by atoms with E-state index in [4.69, 9.17) is 9.47 Å². The number of carbonyl (C=O) groups is 1. The van der Waals surface area contributed by atoms with Gasteiger partial charge in [0, 0.05) is 0 Å². The molecule has 0 aliphatic heterocycles. The van der Waals surface area contributed by atoms with E-state index in [-0.39, 0.29) is 5.97 Å². The zero-order valence-corrected chi connectivity index (χ0v) is 9.19. The molecule has 0 aromatic heterocycles. The van der Waals surface area contributed by atoms with Gasteiger partial charge in [0.2, 0.25) is 0 Å². The lowest BCUT2D eigenvalue weighted by atomic mass is 10.0. The van der Waals surface area contributed by atoms with Crippen LogP contribution in [0.3, 0.4) is 0 Å². The first kappa shape index (κ1) is 10.5. The molecule has 0 aliphatic carbocycles. The fourth-order valence-electron chi connectivity index (χ4n) is 1.67. The first-order valence-electron chi connectivity index (χ1n) is 4.91. The number of ether oxygens (including phenoxy) is 2. The molecule has 3 nitrogen and oxygen atoms in total. The van der Waals surface area contributed by atoms with Gasteiger partial charge in [0.05, 0.1) is 19.8 Å². The van der Waals surface area contributed by atoms with Gasteiger partial charge in [-0.05, 0) is 29.0 Å². The molecule has 0 N–H and O–H groups in total. The molecule has 3 heteroatoms. The van der Waals surface area contributed by atoms with Crippen LogP contribution in [0.25, 0.3) is 10.8 Å². The Morgan fingerprint density at radius 2 is 1.94 bits per heavy atom. The summed E-state index contributed by atoms with van der Waals surface area (Å²) in [6.07, 6.45) is 0. The molecule has 0 heterocycles. The van der Waals surface area contributed by atoms with Gasteiger partial charge >= 0.3 is 5.97 Å². The third-order valence-corrected chi connectivity index (χ3v) is 2.49. The van der Waals surface area contributed by atoms with Gasteiger partial charge in [-0.3, -0.25) is 0 Å². The van der Waals surface area contributed by atoms with Crippen LogP contribution in [0.5, 0.6) is 5.75 Å². The maximum Gasteiger partial charge on any atom is 0.338 e. The van der Waals surface area contributed by atoms with Crippen molar-refractivity contribution in [2.75, 3.05) is 14.2 Å². The maximum atomic E-state index is 11.6.